The zero-order chi connectivity index (χ0) is 14.5. The lowest BCUT2D eigenvalue weighted by atomic mass is 10.1. The van der Waals surface area contributed by atoms with E-state index in [9.17, 15) is 5.11 Å². The van der Waals surface area contributed by atoms with Crippen LogP contribution in [0.1, 0.15) is 11.1 Å². The van der Waals surface area contributed by atoms with Gasteiger partial charge in [0, 0.05) is 35.4 Å². The molecule has 4 heteroatoms. The van der Waals surface area contributed by atoms with Crippen LogP contribution in [0.25, 0.3) is 0 Å². The summed E-state index contributed by atoms with van der Waals surface area (Å²) in [6, 6.07) is 13.4. The van der Waals surface area contributed by atoms with Crippen molar-refractivity contribution in [2.75, 3.05) is 19.1 Å². The number of nitrogens with zero attached hydrogens (tertiary/aromatic N) is 1. The summed E-state index contributed by atoms with van der Waals surface area (Å²) in [4.78, 5) is 2.05. The smallest absolute Gasteiger partial charge is 0.123 e. The summed E-state index contributed by atoms with van der Waals surface area (Å²) in [7, 11) is 3.63. The third-order valence-electron chi connectivity index (χ3n) is 3.23. The molecule has 106 valence electrons. The number of hydrogen-bond acceptors (Lipinski definition) is 3. The predicted octanol–water partition coefficient (Wildman–Crippen LogP) is 3.48. The van der Waals surface area contributed by atoms with Crippen molar-refractivity contribution in [3.63, 3.8) is 0 Å². The second-order valence-electron chi connectivity index (χ2n) is 4.60. The molecule has 2 aromatic rings. The first kappa shape index (κ1) is 14.7. The van der Waals surface area contributed by atoms with Crippen molar-refractivity contribution in [1.29, 1.82) is 0 Å². The molecular weight excluding hydrogens is 274 g/mol. The average Bonchev–Trinajstić information content (AvgIpc) is 2.47. The van der Waals surface area contributed by atoms with Gasteiger partial charge in [0.2, 0.25) is 0 Å². The molecule has 0 radical (unpaired) electrons. The molecule has 0 bridgehead atoms. The third kappa shape index (κ3) is 3.24. The summed E-state index contributed by atoms with van der Waals surface area (Å²) in [5.41, 5.74) is 2.86. The Labute approximate surface area is 124 Å². The minimum absolute atomic E-state index is 0.0111. The minimum Gasteiger partial charge on any atom is -0.496 e. The van der Waals surface area contributed by atoms with E-state index in [1.54, 1.807) is 13.2 Å². The van der Waals surface area contributed by atoms with Gasteiger partial charge in [-0.2, -0.15) is 0 Å². The number of aliphatic hydroxyl groups is 1. The first-order valence-corrected chi connectivity index (χ1v) is 6.76. The van der Waals surface area contributed by atoms with Crippen molar-refractivity contribution in [3.05, 3.63) is 58.6 Å². The molecule has 0 aliphatic heterocycles. The summed E-state index contributed by atoms with van der Waals surface area (Å²) in [5.74, 6) is 0.854. The Kier molecular flexibility index (Phi) is 4.88. The maximum Gasteiger partial charge on any atom is 0.123 e. The van der Waals surface area contributed by atoms with Crippen molar-refractivity contribution >= 4 is 17.3 Å². The standard InChI is InChI=1S/C16H18ClNO2/c1-18(10-12-5-3-4-6-16(12)20-2)15-9-14(17)8-7-13(15)11-19/h3-9,19H,10-11H2,1-2H3. The number of anilines is 1. The van der Waals surface area contributed by atoms with Crippen molar-refractivity contribution in [3.8, 4) is 5.75 Å². The van der Waals surface area contributed by atoms with Gasteiger partial charge >= 0.3 is 0 Å². The van der Waals surface area contributed by atoms with Crippen LogP contribution in [0.5, 0.6) is 5.75 Å². The maximum atomic E-state index is 9.43. The van der Waals surface area contributed by atoms with Crippen LogP contribution < -0.4 is 9.64 Å². The topological polar surface area (TPSA) is 32.7 Å². The van der Waals surface area contributed by atoms with Crippen LogP contribution in [0, 0.1) is 0 Å². The highest BCUT2D eigenvalue weighted by Crippen LogP contribution is 2.27. The molecule has 0 aliphatic rings. The summed E-state index contributed by atoms with van der Waals surface area (Å²) < 4.78 is 5.36. The minimum atomic E-state index is -0.0111. The zero-order valence-electron chi connectivity index (χ0n) is 11.6. The predicted molar refractivity (Wildman–Crippen MR) is 82.5 cm³/mol. The Morgan fingerprint density at radius 1 is 1.15 bits per heavy atom. The van der Waals surface area contributed by atoms with Crippen LogP contribution in [0.4, 0.5) is 5.69 Å². The van der Waals surface area contributed by atoms with E-state index in [2.05, 4.69) is 4.90 Å². The highest BCUT2D eigenvalue weighted by Gasteiger charge is 2.10. The molecule has 2 rings (SSSR count). The Bertz CT molecular complexity index is 586. The molecule has 0 heterocycles. The van der Waals surface area contributed by atoms with E-state index in [4.69, 9.17) is 16.3 Å². The molecule has 0 fully saturated rings. The summed E-state index contributed by atoms with van der Waals surface area (Å²) >= 11 is 6.05. The quantitative estimate of drug-likeness (QED) is 0.915. The molecule has 0 amide bonds. The Balaban J connectivity index is 2.28. The molecule has 3 nitrogen and oxygen atoms in total. The number of benzene rings is 2. The molecule has 0 saturated carbocycles. The number of hydrogen-bond donors (Lipinski definition) is 1. The SMILES string of the molecule is COc1ccccc1CN(C)c1cc(Cl)ccc1CO. The van der Waals surface area contributed by atoms with Gasteiger partial charge in [-0.3, -0.25) is 0 Å². The molecule has 1 N–H and O–H groups in total. The third-order valence-corrected chi connectivity index (χ3v) is 3.46. The number of ether oxygens (including phenoxy) is 1. The van der Waals surface area contributed by atoms with Gasteiger partial charge in [0.25, 0.3) is 0 Å². The lowest BCUT2D eigenvalue weighted by Crippen LogP contribution is -2.18. The van der Waals surface area contributed by atoms with Gasteiger partial charge in [0.15, 0.2) is 0 Å². The molecule has 0 aromatic heterocycles. The lowest BCUT2D eigenvalue weighted by Gasteiger charge is -2.23. The molecule has 20 heavy (non-hydrogen) atoms. The fourth-order valence-corrected chi connectivity index (χ4v) is 2.37. The normalized spacial score (nSPS) is 10.4. The molecule has 0 atom stereocenters. The molecule has 2 aromatic carbocycles. The van der Waals surface area contributed by atoms with E-state index < -0.39 is 0 Å². The Hall–Kier alpha value is -1.71. The summed E-state index contributed by atoms with van der Waals surface area (Å²) in [6.45, 7) is 0.667. The van der Waals surface area contributed by atoms with Gasteiger partial charge in [-0.1, -0.05) is 35.9 Å². The van der Waals surface area contributed by atoms with Crippen LogP contribution in [-0.4, -0.2) is 19.3 Å². The van der Waals surface area contributed by atoms with Gasteiger partial charge in [0.1, 0.15) is 5.75 Å². The number of methoxy groups -OCH3 is 1. The molecule has 0 saturated heterocycles. The van der Waals surface area contributed by atoms with Gasteiger partial charge in [0.05, 0.1) is 13.7 Å². The highest BCUT2D eigenvalue weighted by molar-refractivity contribution is 6.30. The van der Waals surface area contributed by atoms with Crippen LogP contribution in [0.3, 0.4) is 0 Å². The van der Waals surface area contributed by atoms with Crippen LogP contribution in [-0.2, 0) is 13.2 Å². The van der Waals surface area contributed by atoms with Gasteiger partial charge in [-0.15, -0.1) is 0 Å². The van der Waals surface area contributed by atoms with E-state index in [0.717, 1.165) is 22.6 Å². The van der Waals surface area contributed by atoms with Crippen LogP contribution >= 0.6 is 11.6 Å². The largest absolute Gasteiger partial charge is 0.496 e. The van der Waals surface area contributed by atoms with Crippen molar-refractivity contribution in [2.45, 2.75) is 13.2 Å². The van der Waals surface area contributed by atoms with Crippen LogP contribution in [0.2, 0.25) is 5.02 Å². The fourth-order valence-electron chi connectivity index (χ4n) is 2.20. The van der Waals surface area contributed by atoms with Gasteiger partial charge in [-0.05, 0) is 18.2 Å². The van der Waals surface area contributed by atoms with Crippen molar-refractivity contribution in [1.82, 2.24) is 0 Å². The fraction of sp³-hybridized carbons (Fsp3) is 0.250. The Morgan fingerprint density at radius 3 is 2.60 bits per heavy atom. The molecule has 0 spiro atoms. The van der Waals surface area contributed by atoms with E-state index in [1.807, 2.05) is 43.4 Å². The van der Waals surface area contributed by atoms with E-state index in [0.29, 0.717) is 11.6 Å². The molecular formula is C16H18ClNO2. The zero-order valence-corrected chi connectivity index (χ0v) is 12.4. The molecule has 0 unspecified atom stereocenters. The number of rotatable bonds is 5. The first-order valence-electron chi connectivity index (χ1n) is 6.38. The van der Waals surface area contributed by atoms with Crippen molar-refractivity contribution in [2.24, 2.45) is 0 Å². The highest BCUT2D eigenvalue weighted by atomic mass is 35.5. The monoisotopic (exact) mass is 291 g/mol. The second kappa shape index (κ2) is 6.64. The Morgan fingerprint density at radius 2 is 1.90 bits per heavy atom. The summed E-state index contributed by atoms with van der Waals surface area (Å²) in [6.07, 6.45) is 0. The van der Waals surface area contributed by atoms with E-state index in [-0.39, 0.29) is 6.61 Å². The number of aliphatic hydroxyl groups excluding tert-OH is 1. The number of para-hydroxylation sites is 1. The second-order valence-corrected chi connectivity index (χ2v) is 5.04. The van der Waals surface area contributed by atoms with E-state index >= 15 is 0 Å². The molecule has 0 aliphatic carbocycles. The van der Waals surface area contributed by atoms with Crippen molar-refractivity contribution < 1.29 is 9.84 Å². The first-order chi connectivity index (χ1) is 9.65. The van der Waals surface area contributed by atoms with Gasteiger partial charge < -0.3 is 14.7 Å². The average molecular weight is 292 g/mol. The van der Waals surface area contributed by atoms with Crippen LogP contribution in [0.15, 0.2) is 42.5 Å². The maximum absolute atomic E-state index is 9.43. The summed E-state index contributed by atoms with van der Waals surface area (Å²) in [5, 5.41) is 10.1. The lowest BCUT2D eigenvalue weighted by molar-refractivity contribution is 0.282. The van der Waals surface area contributed by atoms with Gasteiger partial charge in [-0.25, -0.2) is 0 Å². The number of halogens is 1. The van der Waals surface area contributed by atoms with E-state index in [1.165, 1.54) is 0 Å².